The Kier molecular flexibility index (Phi) is 5.83. The summed E-state index contributed by atoms with van der Waals surface area (Å²) in [5, 5.41) is 16.2. The van der Waals surface area contributed by atoms with Crippen LogP contribution in [0.5, 0.6) is 17.2 Å². The Morgan fingerprint density at radius 2 is 1.65 bits per heavy atom. The molecule has 2 heterocycles. The number of hydrogen-bond donors (Lipinski definition) is 1. The van der Waals surface area contributed by atoms with Gasteiger partial charge in [0.05, 0.1) is 21.3 Å². The quantitative estimate of drug-likeness (QED) is 0.464. The molecule has 8 nitrogen and oxygen atoms in total. The van der Waals surface area contributed by atoms with Gasteiger partial charge < -0.3 is 19.5 Å². The van der Waals surface area contributed by atoms with Gasteiger partial charge in [0.25, 0.3) is 0 Å². The normalized spacial score (nSPS) is 10.8. The van der Waals surface area contributed by atoms with Crippen molar-refractivity contribution in [3.05, 3.63) is 59.9 Å². The molecule has 9 heteroatoms. The number of benzene rings is 2. The van der Waals surface area contributed by atoms with Crippen LogP contribution in [0.1, 0.15) is 5.56 Å². The Balaban J connectivity index is 1.52. The Labute approximate surface area is 178 Å². The number of nitrogens with one attached hydrogen (secondary N) is 1. The summed E-state index contributed by atoms with van der Waals surface area (Å²) in [4.78, 5) is 0. The molecule has 31 heavy (non-hydrogen) atoms. The van der Waals surface area contributed by atoms with Gasteiger partial charge in [-0.3, -0.25) is 0 Å². The zero-order chi connectivity index (χ0) is 21.8. The zero-order valence-electron chi connectivity index (χ0n) is 17.4. The first kappa shape index (κ1) is 20.4. The van der Waals surface area contributed by atoms with Crippen LogP contribution in [0.25, 0.3) is 17.0 Å². The molecule has 160 valence electrons. The van der Waals surface area contributed by atoms with Gasteiger partial charge in [-0.15, -0.1) is 15.3 Å². The van der Waals surface area contributed by atoms with Crippen molar-refractivity contribution < 1.29 is 18.6 Å². The number of hydrogen-bond acceptors (Lipinski definition) is 7. The smallest absolute Gasteiger partial charge is 0.203 e. The Morgan fingerprint density at radius 3 is 2.35 bits per heavy atom. The molecule has 0 fully saturated rings. The second-order valence-corrected chi connectivity index (χ2v) is 6.69. The highest BCUT2D eigenvalue weighted by molar-refractivity contribution is 5.59. The van der Waals surface area contributed by atoms with E-state index in [0.29, 0.717) is 47.5 Å². The lowest BCUT2D eigenvalue weighted by Gasteiger charge is -2.16. The summed E-state index contributed by atoms with van der Waals surface area (Å²) in [6.45, 7) is 0.609. The van der Waals surface area contributed by atoms with Crippen molar-refractivity contribution in [1.82, 2.24) is 19.8 Å². The van der Waals surface area contributed by atoms with Gasteiger partial charge in [-0.25, -0.2) is 4.39 Å². The number of ether oxygens (including phenoxy) is 3. The van der Waals surface area contributed by atoms with E-state index in [1.165, 1.54) is 12.1 Å². The number of aromatic nitrogens is 4. The molecule has 0 atom stereocenters. The van der Waals surface area contributed by atoms with Gasteiger partial charge in [-0.1, -0.05) is 6.07 Å². The molecule has 0 spiro atoms. The highest BCUT2D eigenvalue weighted by Crippen LogP contribution is 2.39. The summed E-state index contributed by atoms with van der Waals surface area (Å²) in [7, 11) is 4.78. The van der Waals surface area contributed by atoms with Crippen LogP contribution < -0.4 is 19.5 Å². The fourth-order valence-corrected chi connectivity index (χ4v) is 3.35. The summed E-state index contributed by atoms with van der Waals surface area (Å²) < 4.78 is 31.2. The van der Waals surface area contributed by atoms with E-state index < -0.39 is 0 Å². The first-order valence-corrected chi connectivity index (χ1v) is 9.64. The van der Waals surface area contributed by atoms with E-state index in [1.807, 2.05) is 24.3 Å². The number of methoxy groups -OCH3 is 3. The van der Waals surface area contributed by atoms with E-state index in [4.69, 9.17) is 14.2 Å². The Morgan fingerprint density at radius 1 is 0.871 bits per heavy atom. The molecule has 0 radical (unpaired) electrons. The summed E-state index contributed by atoms with van der Waals surface area (Å²) in [6.07, 6.45) is 0.677. The van der Waals surface area contributed by atoms with Crippen LogP contribution in [0.15, 0.2) is 48.5 Å². The Bertz CT molecular complexity index is 1190. The van der Waals surface area contributed by atoms with Crippen molar-refractivity contribution in [2.45, 2.75) is 6.42 Å². The molecule has 1 N–H and O–H groups in total. The van der Waals surface area contributed by atoms with Crippen molar-refractivity contribution in [1.29, 1.82) is 0 Å². The fraction of sp³-hybridized carbons (Fsp3) is 0.227. The zero-order valence-corrected chi connectivity index (χ0v) is 17.4. The topological polar surface area (TPSA) is 82.8 Å². The summed E-state index contributed by atoms with van der Waals surface area (Å²) in [5.41, 5.74) is 2.31. The number of anilines is 1. The molecular formula is C22H22FN5O3. The van der Waals surface area contributed by atoms with E-state index >= 15 is 0 Å². The number of rotatable bonds is 8. The first-order chi connectivity index (χ1) is 15.1. The van der Waals surface area contributed by atoms with Gasteiger partial charge in [0.15, 0.2) is 23.0 Å². The number of fused-ring (bicyclic) bond motifs is 1. The maximum absolute atomic E-state index is 13.2. The summed E-state index contributed by atoms with van der Waals surface area (Å²) >= 11 is 0. The van der Waals surface area contributed by atoms with Crippen LogP contribution in [0, 0.1) is 5.82 Å². The van der Waals surface area contributed by atoms with E-state index in [1.54, 1.807) is 38.0 Å². The maximum atomic E-state index is 13.2. The molecule has 4 rings (SSSR count). The third-order valence-corrected chi connectivity index (χ3v) is 4.85. The standard InChI is InChI=1S/C22H22FN5O3/c1-29-17-9-6-14(20(30-2)21(17)31-3)12-13-24-18-10-11-19-25-26-22(28(19)27-18)15-4-7-16(23)8-5-15/h4-11H,12-13H2,1-3H3,(H,24,27). The van der Waals surface area contributed by atoms with Crippen LogP contribution in [0.3, 0.4) is 0 Å². The van der Waals surface area contributed by atoms with Gasteiger partial charge in [0.1, 0.15) is 11.6 Å². The molecule has 0 amide bonds. The summed E-state index contributed by atoms with van der Waals surface area (Å²) in [6, 6.07) is 13.5. The molecular weight excluding hydrogens is 401 g/mol. The van der Waals surface area contributed by atoms with E-state index in [2.05, 4.69) is 20.6 Å². The lowest BCUT2D eigenvalue weighted by atomic mass is 10.1. The molecule has 0 saturated heterocycles. The minimum Gasteiger partial charge on any atom is -0.493 e. The first-order valence-electron chi connectivity index (χ1n) is 9.64. The lowest BCUT2D eigenvalue weighted by molar-refractivity contribution is 0.322. The van der Waals surface area contributed by atoms with Gasteiger partial charge in [0.2, 0.25) is 5.75 Å². The maximum Gasteiger partial charge on any atom is 0.203 e. The second kappa shape index (κ2) is 8.86. The van der Waals surface area contributed by atoms with E-state index in [-0.39, 0.29) is 5.82 Å². The molecule has 4 aromatic rings. The minimum atomic E-state index is -0.307. The van der Waals surface area contributed by atoms with Crippen molar-refractivity contribution in [3.63, 3.8) is 0 Å². The predicted octanol–water partition coefficient (Wildman–Crippen LogP) is 3.61. The molecule has 0 unspecified atom stereocenters. The number of halogens is 1. The Hall–Kier alpha value is -3.88. The van der Waals surface area contributed by atoms with Crippen LogP contribution in [-0.4, -0.2) is 47.7 Å². The molecule has 0 aliphatic rings. The summed E-state index contributed by atoms with van der Waals surface area (Å²) in [5.74, 6) is 2.72. The highest BCUT2D eigenvalue weighted by atomic mass is 19.1. The molecule has 0 saturated carbocycles. The van der Waals surface area contributed by atoms with Crippen molar-refractivity contribution in [2.24, 2.45) is 0 Å². The monoisotopic (exact) mass is 423 g/mol. The lowest BCUT2D eigenvalue weighted by Crippen LogP contribution is -2.09. The average molecular weight is 423 g/mol. The van der Waals surface area contributed by atoms with Gasteiger partial charge >= 0.3 is 0 Å². The fourth-order valence-electron chi connectivity index (χ4n) is 3.35. The molecule has 2 aromatic carbocycles. The molecule has 2 aromatic heterocycles. The highest BCUT2D eigenvalue weighted by Gasteiger charge is 2.16. The van der Waals surface area contributed by atoms with Crippen molar-refractivity contribution in [3.8, 4) is 28.6 Å². The van der Waals surface area contributed by atoms with Crippen LogP contribution in [0.2, 0.25) is 0 Å². The molecule has 0 bridgehead atoms. The van der Waals surface area contributed by atoms with Crippen molar-refractivity contribution in [2.75, 3.05) is 33.2 Å². The van der Waals surface area contributed by atoms with Crippen molar-refractivity contribution >= 4 is 11.5 Å². The minimum absolute atomic E-state index is 0.307. The third-order valence-electron chi connectivity index (χ3n) is 4.85. The SMILES string of the molecule is COc1ccc(CCNc2ccc3nnc(-c4ccc(F)cc4)n3n2)c(OC)c1OC. The number of nitrogens with zero attached hydrogens (tertiary/aromatic N) is 4. The predicted molar refractivity (Wildman–Crippen MR) is 114 cm³/mol. The molecule has 0 aliphatic carbocycles. The van der Waals surface area contributed by atoms with E-state index in [9.17, 15) is 4.39 Å². The van der Waals surface area contributed by atoms with Crippen LogP contribution in [0.4, 0.5) is 10.2 Å². The average Bonchev–Trinajstić information content (AvgIpc) is 3.22. The molecule has 0 aliphatic heterocycles. The largest absolute Gasteiger partial charge is 0.493 e. The second-order valence-electron chi connectivity index (χ2n) is 6.69. The van der Waals surface area contributed by atoms with Gasteiger partial charge in [-0.2, -0.15) is 4.52 Å². The van der Waals surface area contributed by atoms with Gasteiger partial charge in [0, 0.05) is 17.7 Å². The van der Waals surface area contributed by atoms with Gasteiger partial charge in [-0.05, 0) is 48.9 Å². The third kappa shape index (κ3) is 4.07. The van der Waals surface area contributed by atoms with Crippen LogP contribution in [-0.2, 0) is 6.42 Å². The van der Waals surface area contributed by atoms with Crippen LogP contribution >= 0.6 is 0 Å². The van der Waals surface area contributed by atoms with E-state index in [0.717, 1.165) is 11.1 Å².